The summed E-state index contributed by atoms with van der Waals surface area (Å²) in [6, 6.07) is 0. The minimum absolute atomic E-state index is 0.149. The monoisotopic (exact) mass is 244 g/mol. The molecule has 1 N–H and O–H groups in total. The van der Waals surface area contributed by atoms with Crippen molar-refractivity contribution >= 4 is 8.32 Å². The van der Waals surface area contributed by atoms with Crippen molar-refractivity contribution in [3.8, 4) is 0 Å². The molecule has 0 amide bonds. The van der Waals surface area contributed by atoms with E-state index in [1.54, 1.807) is 0 Å². The minimum Gasteiger partial charge on any atom is -0.391 e. The highest BCUT2D eigenvalue weighted by atomic mass is 28.4. The Morgan fingerprint density at radius 3 is 1.44 bits per heavy atom. The Kier molecular flexibility index (Phi) is 3.39. The van der Waals surface area contributed by atoms with Crippen LogP contribution in [-0.2, 0) is 4.43 Å². The van der Waals surface area contributed by atoms with Crippen molar-refractivity contribution in [1.29, 1.82) is 0 Å². The summed E-state index contributed by atoms with van der Waals surface area (Å²) in [7, 11) is -2.02. The summed E-state index contributed by atoms with van der Waals surface area (Å²) >= 11 is 0. The molecule has 1 aliphatic rings. The smallest absolute Gasteiger partial charge is 0.210 e. The van der Waals surface area contributed by atoms with Gasteiger partial charge >= 0.3 is 0 Å². The second kappa shape index (κ2) is 3.82. The summed E-state index contributed by atoms with van der Waals surface area (Å²) in [6.07, 6.45) is -0.569. The molecular weight excluding hydrogens is 216 g/mol. The third kappa shape index (κ3) is 1.77. The normalized spacial score (nSPS) is 35.4. The molecular formula is C13H28O2Si. The molecule has 16 heavy (non-hydrogen) atoms. The molecule has 0 radical (unpaired) electrons. The van der Waals surface area contributed by atoms with Crippen molar-refractivity contribution in [3.63, 3.8) is 0 Å². The van der Waals surface area contributed by atoms with E-state index in [0.29, 0.717) is 5.54 Å². The minimum atomic E-state index is -2.02. The van der Waals surface area contributed by atoms with E-state index in [9.17, 15) is 5.11 Å². The molecule has 96 valence electrons. The van der Waals surface area contributed by atoms with Gasteiger partial charge in [-0.1, -0.05) is 55.4 Å². The Hall–Kier alpha value is 0.137. The van der Waals surface area contributed by atoms with Crippen LogP contribution in [0, 0.1) is 5.92 Å². The number of aliphatic hydroxyl groups is 1. The Bertz CT molecular complexity index is 248. The van der Waals surface area contributed by atoms with Gasteiger partial charge in [0.1, 0.15) is 6.29 Å². The highest BCUT2D eigenvalue weighted by molar-refractivity contribution is 6.81. The van der Waals surface area contributed by atoms with Gasteiger partial charge in [-0.2, -0.15) is 0 Å². The van der Waals surface area contributed by atoms with Gasteiger partial charge < -0.3 is 9.53 Å². The molecule has 1 fully saturated rings. The highest BCUT2D eigenvalue weighted by Gasteiger charge is 2.64. The van der Waals surface area contributed by atoms with Gasteiger partial charge in [-0.15, -0.1) is 0 Å². The third-order valence-electron chi connectivity index (χ3n) is 4.41. The van der Waals surface area contributed by atoms with Crippen LogP contribution in [0.4, 0.5) is 0 Å². The molecule has 0 aliphatic carbocycles. The van der Waals surface area contributed by atoms with E-state index in [1.807, 2.05) is 0 Å². The van der Waals surface area contributed by atoms with Crippen LogP contribution >= 0.6 is 0 Å². The lowest BCUT2D eigenvalue weighted by Gasteiger charge is -2.50. The maximum atomic E-state index is 10.0. The second-order valence-corrected chi connectivity index (χ2v) is 13.0. The van der Waals surface area contributed by atoms with Gasteiger partial charge in [0.2, 0.25) is 8.32 Å². The lowest BCUT2D eigenvalue weighted by molar-refractivity contribution is -0.0414. The van der Waals surface area contributed by atoms with Gasteiger partial charge in [-0.05, 0) is 15.6 Å². The van der Waals surface area contributed by atoms with Crippen molar-refractivity contribution in [2.75, 3.05) is 0 Å². The topological polar surface area (TPSA) is 29.5 Å². The summed E-state index contributed by atoms with van der Waals surface area (Å²) in [6.45, 7) is 18.0. The van der Waals surface area contributed by atoms with E-state index in [4.69, 9.17) is 4.43 Å². The predicted octanol–water partition coefficient (Wildman–Crippen LogP) is 3.91. The van der Waals surface area contributed by atoms with E-state index in [0.717, 1.165) is 0 Å². The molecule has 1 unspecified atom stereocenters. The van der Waals surface area contributed by atoms with Gasteiger partial charge in [-0.3, -0.25) is 0 Å². The quantitative estimate of drug-likeness (QED) is 0.655. The fourth-order valence-corrected chi connectivity index (χ4v) is 11.3. The van der Waals surface area contributed by atoms with Crippen LogP contribution in [0.1, 0.15) is 55.4 Å². The first-order valence-corrected chi connectivity index (χ1v) is 8.29. The van der Waals surface area contributed by atoms with Crippen molar-refractivity contribution in [2.24, 2.45) is 5.92 Å². The first kappa shape index (κ1) is 14.2. The molecule has 0 bridgehead atoms. The average molecular weight is 244 g/mol. The lowest BCUT2D eigenvalue weighted by Crippen LogP contribution is -2.55. The first-order valence-electron chi connectivity index (χ1n) is 6.31. The lowest BCUT2D eigenvalue weighted by atomic mass is 10.1. The fourth-order valence-electron chi connectivity index (χ4n) is 3.87. The van der Waals surface area contributed by atoms with Gasteiger partial charge in [0.25, 0.3) is 0 Å². The van der Waals surface area contributed by atoms with E-state index in [1.165, 1.54) is 0 Å². The molecule has 1 aliphatic heterocycles. The van der Waals surface area contributed by atoms with Gasteiger partial charge in [0.15, 0.2) is 0 Å². The third-order valence-corrected chi connectivity index (χ3v) is 11.3. The zero-order valence-corrected chi connectivity index (χ0v) is 13.1. The summed E-state index contributed by atoms with van der Waals surface area (Å²) in [5, 5.41) is 10.3. The zero-order chi connectivity index (χ0) is 12.9. The summed E-state index contributed by atoms with van der Waals surface area (Å²) < 4.78 is 6.20. The largest absolute Gasteiger partial charge is 0.391 e. The van der Waals surface area contributed by atoms with E-state index < -0.39 is 14.6 Å². The fraction of sp³-hybridized carbons (Fsp3) is 1.00. The first-order chi connectivity index (χ1) is 6.95. The Labute approximate surface area is 102 Å². The average Bonchev–Trinajstić information content (AvgIpc) is 2.27. The van der Waals surface area contributed by atoms with Crippen LogP contribution < -0.4 is 0 Å². The molecule has 0 aromatic carbocycles. The van der Waals surface area contributed by atoms with Crippen molar-refractivity contribution in [1.82, 2.24) is 0 Å². The highest BCUT2D eigenvalue weighted by Crippen LogP contribution is 2.62. The number of rotatable bonds is 0. The molecule has 3 heteroatoms. The number of hydrogen-bond acceptors (Lipinski definition) is 2. The SMILES string of the molecule is C[C@@H]1C(O)O[Si](C(C)(C)C)(C(C)(C)C)[C@@H]1C. The Balaban J connectivity index is 3.29. The Morgan fingerprint density at radius 2 is 1.31 bits per heavy atom. The molecule has 1 saturated heterocycles. The Morgan fingerprint density at radius 1 is 0.938 bits per heavy atom. The van der Waals surface area contributed by atoms with Crippen LogP contribution in [0.3, 0.4) is 0 Å². The summed E-state index contributed by atoms with van der Waals surface area (Å²) in [5.41, 5.74) is 0.488. The van der Waals surface area contributed by atoms with Crippen LogP contribution in [0.15, 0.2) is 0 Å². The maximum Gasteiger partial charge on any atom is 0.210 e. The molecule has 1 rings (SSSR count). The van der Waals surface area contributed by atoms with E-state index >= 15 is 0 Å². The number of aliphatic hydroxyl groups excluding tert-OH is 1. The van der Waals surface area contributed by atoms with Crippen LogP contribution in [0.5, 0.6) is 0 Å². The summed E-state index contributed by atoms with van der Waals surface area (Å²) in [4.78, 5) is 0. The number of hydrogen-bond donors (Lipinski definition) is 1. The van der Waals surface area contributed by atoms with Crippen LogP contribution in [-0.4, -0.2) is 19.7 Å². The van der Waals surface area contributed by atoms with Gasteiger partial charge in [0.05, 0.1) is 0 Å². The van der Waals surface area contributed by atoms with E-state index in [-0.39, 0.29) is 16.0 Å². The van der Waals surface area contributed by atoms with Crippen molar-refractivity contribution in [3.05, 3.63) is 0 Å². The van der Waals surface area contributed by atoms with Crippen LogP contribution in [0.25, 0.3) is 0 Å². The zero-order valence-electron chi connectivity index (χ0n) is 12.1. The van der Waals surface area contributed by atoms with E-state index in [2.05, 4.69) is 55.4 Å². The molecule has 0 saturated carbocycles. The molecule has 0 aromatic rings. The van der Waals surface area contributed by atoms with Gasteiger partial charge in [0, 0.05) is 5.92 Å². The van der Waals surface area contributed by atoms with Gasteiger partial charge in [-0.25, -0.2) is 0 Å². The maximum absolute atomic E-state index is 10.0. The predicted molar refractivity (Wildman–Crippen MR) is 70.9 cm³/mol. The van der Waals surface area contributed by atoms with Crippen molar-refractivity contribution < 1.29 is 9.53 Å². The molecule has 0 aromatic heterocycles. The van der Waals surface area contributed by atoms with Crippen LogP contribution in [0.2, 0.25) is 15.6 Å². The summed E-state index contributed by atoms with van der Waals surface area (Å²) in [5.74, 6) is 0.255. The molecule has 2 nitrogen and oxygen atoms in total. The van der Waals surface area contributed by atoms with Crippen molar-refractivity contribution in [2.45, 2.75) is 77.3 Å². The molecule has 1 heterocycles. The molecule has 3 atom stereocenters. The standard InChI is InChI=1S/C13H28O2Si/c1-9-10(2)16(12(3,4)5,13(6,7)8)15-11(9)14/h9-11,14H,1-8H3/t9-,10+,11?/m0/s1. The molecule has 0 spiro atoms. The second-order valence-electron chi connectivity index (χ2n) is 7.39.